The first-order valence-corrected chi connectivity index (χ1v) is 7.35. The summed E-state index contributed by atoms with van der Waals surface area (Å²) in [6, 6.07) is 10.2. The zero-order valence-corrected chi connectivity index (χ0v) is 13.0. The van der Waals surface area contributed by atoms with Crippen LogP contribution in [0.25, 0.3) is 22.0 Å². The highest BCUT2D eigenvalue weighted by Gasteiger charge is 2.16. The van der Waals surface area contributed by atoms with Crippen molar-refractivity contribution in [2.24, 2.45) is 5.73 Å². The minimum atomic E-state index is -0.406. The van der Waals surface area contributed by atoms with Gasteiger partial charge in [-0.2, -0.15) is 0 Å². The van der Waals surface area contributed by atoms with E-state index in [1.165, 1.54) is 0 Å². The number of primary amides is 1. The van der Waals surface area contributed by atoms with E-state index in [0.29, 0.717) is 11.6 Å². The van der Waals surface area contributed by atoms with Crippen molar-refractivity contribution in [3.63, 3.8) is 0 Å². The molecule has 4 nitrogen and oxygen atoms in total. The van der Waals surface area contributed by atoms with Crippen LogP contribution in [0.1, 0.15) is 35.9 Å². The predicted octanol–water partition coefficient (Wildman–Crippen LogP) is 3.69. The zero-order valence-electron chi connectivity index (χ0n) is 13.0. The molecule has 1 amide bonds. The van der Waals surface area contributed by atoms with E-state index in [1.807, 2.05) is 24.3 Å². The number of fused-ring (bicyclic) bond motifs is 1. The van der Waals surface area contributed by atoms with Crippen molar-refractivity contribution in [2.75, 3.05) is 0 Å². The number of aryl methyl sites for hydroxylation is 1. The highest BCUT2D eigenvalue weighted by molar-refractivity contribution is 6.08. The van der Waals surface area contributed by atoms with Crippen LogP contribution in [-0.4, -0.2) is 15.5 Å². The third kappa shape index (κ3) is 2.26. The molecule has 0 bridgehead atoms. The van der Waals surface area contributed by atoms with Crippen molar-refractivity contribution in [3.05, 3.63) is 54.0 Å². The van der Waals surface area contributed by atoms with Gasteiger partial charge in [-0.1, -0.05) is 6.07 Å². The minimum Gasteiger partial charge on any atom is -0.366 e. The molecule has 3 aromatic rings. The molecule has 0 unspecified atom stereocenters. The molecule has 0 fully saturated rings. The summed E-state index contributed by atoms with van der Waals surface area (Å²) in [5.41, 5.74) is 10.2. The van der Waals surface area contributed by atoms with Crippen molar-refractivity contribution >= 4 is 16.8 Å². The lowest BCUT2D eigenvalue weighted by atomic mass is 10.0. The van der Waals surface area contributed by atoms with E-state index in [9.17, 15) is 4.79 Å². The van der Waals surface area contributed by atoms with Gasteiger partial charge in [-0.25, -0.2) is 0 Å². The van der Waals surface area contributed by atoms with Gasteiger partial charge in [0.25, 0.3) is 0 Å². The Morgan fingerprint density at radius 3 is 2.59 bits per heavy atom. The number of amides is 1. The topological polar surface area (TPSA) is 60.9 Å². The molecule has 0 aliphatic carbocycles. The van der Waals surface area contributed by atoms with Gasteiger partial charge in [0.2, 0.25) is 5.91 Å². The third-order valence-electron chi connectivity index (χ3n) is 3.93. The van der Waals surface area contributed by atoms with Crippen LogP contribution < -0.4 is 5.73 Å². The van der Waals surface area contributed by atoms with E-state index in [1.54, 1.807) is 12.4 Å². The lowest BCUT2D eigenvalue weighted by Crippen LogP contribution is -2.11. The number of hydrogen-bond acceptors (Lipinski definition) is 2. The second-order valence-corrected chi connectivity index (χ2v) is 5.81. The monoisotopic (exact) mass is 293 g/mol. The zero-order chi connectivity index (χ0) is 15.9. The summed E-state index contributed by atoms with van der Waals surface area (Å²) in [4.78, 5) is 16.0. The Morgan fingerprint density at radius 1 is 1.23 bits per heavy atom. The molecule has 3 rings (SSSR count). The maximum atomic E-state index is 11.9. The number of carbonyl (C=O) groups is 1. The molecule has 112 valence electrons. The number of aromatic nitrogens is 2. The lowest BCUT2D eigenvalue weighted by molar-refractivity contribution is 0.100. The van der Waals surface area contributed by atoms with Gasteiger partial charge >= 0.3 is 0 Å². The summed E-state index contributed by atoms with van der Waals surface area (Å²) >= 11 is 0. The summed E-state index contributed by atoms with van der Waals surface area (Å²) in [7, 11) is 0. The number of nitrogens with zero attached hydrogens (tertiary/aromatic N) is 2. The number of hydrogen-bond donors (Lipinski definition) is 1. The average Bonchev–Trinajstić information content (AvgIpc) is 2.82. The number of pyridine rings is 1. The molecule has 0 radical (unpaired) electrons. The Hall–Kier alpha value is -2.62. The Labute approximate surface area is 129 Å². The third-order valence-corrected chi connectivity index (χ3v) is 3.93. The maximum Gasteiger partial charge on any atom is 0.249 e. The van der Waals surface area contributed by atoms with E-state index in [2.05, 4.69) is 36.4 Å². The molecular formula is C18H19N3O. The van der Waals surface area contributed by atoms with E-state index in [0.717, 1.165) is 27.7 Å². The van der Waals surface area contributed by atoms with Crippen molar-refractivity contribution in [1.82, 2.24) is 9.55 Å². The fourth-order valence-electron chi connectivity index (χ4n) is 3.05. The van der Waals surface area contributed by atoms with Crippen LogP contribution in [0.2, 0.25) is 0 Å². The van der Waals surface area contributed by atoms with Gasteiger partial charge in [-0.3, -0.25) is 9.78 Å². The highest BCUT2D eigenvalue weighted by Crippen LogP contribution is 2.31. The summed E-state index contributed by atoms with van der Waals surface area (Å²) < 4.78 is 2.22. The fraction of sp³-hybridized carbons (Fsp3) is 0.222. The second kappa shape index (κ2) is 5.30. The van der Waals surface area contributed by atoms with Gasteiger partial charge < -0.3 is 10.3 Å². The molecule has 2 N–H and O–H groups in total. The molecule has 0 aliphatic rings. The normalized spacial score (nSPS) is 11.3. The Balaban J connectivity index is 2.37. The number of rotatable bonds is 3. The molecule has 0 atom stereocenters. The van der Waals surface area contributed by atoms with E-state index >= 15 is 0 Å². The van der Waals surface area contributed by atoms with Crippen LogP contribution in [0.5, 0.6) is 0 Å². The lowest BCUT2D eigenvalue weighted by Gasteiger charge is -2.14. The van der Waals surface area contributed by atoms with Gasteiger partial charge in [-0.05, 0) is 50.6 Å². The Morgan fingerprint density at radius 2 is 2.00 bits per heavy atom. The van der Waals surface area contributed by atoms with Crippen molar-refractivity contribution in [3.8, 4) is 11.1 Å². The number of carbonyl (C=O) groups excluding carboxylic acids is 1. The predicted molar refractivity (Wildman–Crippen MR) is 88.8 cm³/mol. The average molecular weight is 293 g/mol. The molecule has 22 heavy (non-hydrogen) atoms. The molecule has 0 spiro atoms. The summed E-state index contributed by atoms with van der Waals surface area (Å²) in [5, 5.41) is 0.909. The molecule has 0 aliphatic heterocycles. The van der Waals surface area contributed by atoms with Crippen molar-refractivity contribution in [2.45, 2.75) is 26.8 Å². The second-order valence-electron chi connectivity index (χ2n) is 5.81. The van der Waals surface area contributed by atoms with Crippen LogP contribution in [0.3, 0.4) is 0 Å². The molecule has 0 saturated carbocycles. The van der Waals surface area contributed by atoms with E-state index in [-0.39, 0.29) is 0 Å². The molecule has 2 heterocycles. The van der Waals surface area contributed by atoms with E-state index < -0.39 is 5.91 Å². The quantitative estimate of drug-likeness (QED) is 0.800. The highest BCUT2D eigenvalue weighted by atomic mass is 16.1. The van der Waals surface area contributed by atoms with Crippen LogP contribution in [-0.2, 0) is 0 Å². The first-order valence-electron chi connectivity index (χ1n) is 7.35. The Bertz CT molecular complexity index is 848. The maximum absolute atomic E-state index is 11.9. The molecule has 2 aromatic heterocycles. The van der Waals surface area contributed by atoms with Crippen LogP contribution >= 0.6 is 0 Å². The van der Waals surface area contributed by atoms with Gasteiger partial charge in [0.15, 0.2) is 0 Å². The number of nitrogens with two attached hydrogens (primary N) is 1. The van der Waals surface area contributed by atoms with Crippen LogP contribution in [0, 0.1) is 6.92 Å². The number of benzene rings is 1. The first kappa shape index (κ1) is 14.3. The van der Waals surface area contributed by atoms with Crippen LogP contribution in [0.15, 0.2) is 42.7 Å². The fourth-order valence-corrected chi connectivity index (χ4v) is 3.05. The summed E-state index contributed by atoms with van der Waals surface area (Å²) in [5.74, 6) is -0.406. The summed E-state index contributed by atoms with van der Waals surface area (Å²) in [6.07, 6.45) is 3.53. The standard InChI is InChI=1S/C18H19N3O/c1-11(2)21-12(3)7-15-16(18(19)22)8-14(9-17(15)21)13-5-4-6-20-10-13/h4-11H,1-3H3,(H2,19,22). The van der Waals surface area contributed by atoms with Crippen molar-refractivity contribution in [1.29, 1.82) is 0 Å². The van der Waals surface area contributed by atoms with Gasteiger partial charge in [0.05, 0.1) is 0 Å². The van der Waals surface area contributed by atoms with Crippen molar-refractivity contribution < 1.29 is 4.79 Å². The van der Waals surface area contributed by atoms with Gasteiger partial charge in [-0.15, -0.1) is 0 Å². The SMILES string of the molecule is Cc1cc2c(C(N)=O)cc(-c3cccnc3)cc2n1C(C)C. The van der Waals surface area contributed by atoms with Crippen LogP contribution in [0.4, 0.5) is 0 Å². The van der Waals surface area contributed by atoms with E-state index in [4.69, 9.17) is 5.73 Å². The Kier molecular flexibility index (Phi) is 3.45. The minimum absolute atomic E-state index is 0.308. The largest absolute Gasteiger partial charge is 0.366 e. The molecule has 1 aromatic carbocycles. The molecule has 4 heteroatoms. The smallest absolute Gasteiger partial charge is 0.249 e. The first-order chi connectivity index (χ1) is 10.5. The molecular weight excluding hydrogens is 274 g/mol. The summed E-state index contributed by atoms with van der Waals surface area (Å²) in [6.45, 7) is 6.31. The van der Waals surface area contributed by atoms with Gasteiger partial charge in [0, 0.05) is 46.2 Å². The molecule has 0 saturated heterocycles. The van der Waals surface area contributed by atoms with Gasteiger partial charge in [0.1, 0.15) is 0 Å².